The Morgan fingerprint density at radius 3 is 2.40 bits per heavy atom. The molecule has 0 saturated heterocycles. The number of alkyl halides is 3. The number of hydrogen-bond donors (Lipinski definition) is 1. The molecule has 1 aliphatic rings. The van der Waals surface area contributed by atoms with Crippen molar-refractivity contribution in [2.24, 2.45) is 0 Å². The van der Waals surface area contributed by atoms with Gasteiger partial charge in [-0.25, -0.2) is 4.79 Å². The second kappa shape index (κ2) is 7.54. The quantitative estimate of drug-likeness (QED) is 0.789. The molecule has 0 radical (unpaired) electrons. The van der Waals surface area contributed by atoms with Crippen molar-refractivity contribution in [1.29, 1.82) is 0 Å². The topological polar surface area (TPSA) is 85.7 Å². The molecule has 1 aromatic carbocycles. The van der Waals surface area contributed by atoms with Gasteiger partial charge in [-0.2, -0.15) is 5.10 Å². The second-order valence-electron chi connectivity index (χ2n) is 7.78. The van der Waals surface area contributed by atoms with Crippen LogP contribution in [0.1, 0.15) is 44.2 Å². The van der Waals surface area contributed by atoms with E-state index in [2.05, 4.69) is 15.2 Å². The summed E-state index contributed by atoms with van der Waals surface area (Å²) in [6.07, 6.45) is -4.17. The number of carbonyl (C=O) groups excluding carboxylic acids is 2. The van der Waals surface area contributed by atoms with E-state index in [4.69, 9.17) is 4.74 Å². The van der Waals surface area contributed by atoms with E-state index in [1.165, 1.54) is 27.9 Å². The van der Waals surface area contributed by atoms with E-state index in [0.717, 1.165) is 12.1 Å². The Hall–Kier alpha value is -3.24. The Balaban J connectivity index is 1.84. The number of nitrogens with one attached hydrogen (secondary N) is 1. The molecule has 30 heavy (non-hydrogen) atoms. The summed E-state index contributed by atoms with van der Waals surface area (Å²) in [4.78, 5) is 26.6. The Morgan fingerprint density at radius 2 is 1.83 bits per heavy atom. The van der Waals surface area contributed by atoms with Crippen LogP contribution in [-0.2, 0) is 4.74 Å². The van der Waals surface area contributed by atoms with Gasteiger partial charge in [0, 0.05) is 12.2 Å². The van der Waals surface area contributed by atoms with Crippen molar-refractivity contribution in [3.05, 3.63) is 36.2 Å². The predicted molar refractivity (Wildman–Crippen MR) is 102 cm³/mol. The highest BCUT2D eigenvalue weighted by Gasteiger charge is 2.35. The maximum atomic E-state index is 13.1. The molecule has 1 atom stereocenters. The number of fused-ring (bicyclic) bond motifs is 1. The molecule has 11 heteroatoms. The van der Waals surface area contributed by atoms with Gasteiger partial charge in [0.05, 0.1) is 17.9 Å². The molecular formula is C19H21F3N4O4. The van der Waals surface area contributed by atoms with Gasteiger partial charge in [-0.3, -0.25) is 14.8 Å². The highest BCUT2D eigenvalue weighted by atomic mass is 19.4. The average Bonchev–Trinajstić information content (AvgIpc) is 3.00. The van der Waals surface area contributed by atoms with Gasteiger partial charge < -0.3 is 14.4 Å². The van der Waals surface area contributed by atoms with Crippen LogP contribution in [0.25, 0.3) is 0 Å². The van der Waals surface area contributed by atoms with Gasteiger partial charge in [-0.05, 0) is 52.0 Å². The Labute approximate surface area is 170 Å². The second-order valence-corrected chi connectivity index (χ2v) is 7.78. The summed E-state index contributed by atoms with van der Waals surface area (Å²) in [7, 11) is 0. The lowest BCUT2D eigenvalue weighted by molar-refractivity contribution is -0.274. The Kier molecular flexibility index (Phi) is 5.40. The monoisotopic (exact) mass is 426 g/mol. The van der Waals surface area contributed by atoms with Gasteiger partial charge in [0.1, 0.15) is 11.4 Å². The van der Waals surface area contributed by atoms with E-state index in [9.17, 15) is 22.8 Å². The van der Waals surface area contributed by atoms with E-state index in [-0.39, 0.29) is 29.7 Å². The van der Waals surface area contributed by atoms with E-state index in [0.29, 0.717) is 5.69 Å². The molecule has 1 N–H and O–H groups in total. The summed E-state index contributed by atoms with van der Waals surface area (Å²) in [5, 5.41) is 6.70. The zero-order valence-corrected chi connectivity index (χ0v) is 16.8. The van der Waals surface area contributed by atoms with Crippen LogP contribution < -0.4 is 15.0 Å². The zero-order valence-electron chi connectivity index (χ0n) is 16.8. The molecule has 3 rings (SSSR count). The SMILES string of the molecule is C[C@H]1CN(c2ccc(OC(F)(F)F)cc2)C(=O)c2c(NC(=O)OC(C)(C)C)cnn21. The molecule has 2 aromatic rings. The molecule has 162 valence electrons. The molecule has 8 nitrogen and oxygen atoms in total. The lowest BCUT2D eigenvalue weighted by atomic mass is 10.1. The normalized spacial score (nSPS) is 16.8. The van der Waals surface area contributed by atoms with Crippen LogP contribution in [0, 0.1) is 0 Å². The Morgan fingerprint density at radius 1 is 1.20 bits per heavy atom. The number of benzene rings is 1. The number of nitrogens with zero attached hydrogens (tertiary/aromatic N) is 3. The maximum absolute atomic E-state index is 13.1. The first-order chi connectivity index (χ1) is 13.8. The maximum Gasteiger partial charge on any atom is 0.573 e. The zero-order chi connectivity index (χ0) is 22.3. The van der Waals surface area contributed by atoms with Crippen molar-refractivity contribution >= 4 is 23.4 Å². The third-order valence-electron chi connectivity index (χ3n) is 4.13. The summed E-state index contributed by atoms with van der Waals surface area (Å²) in [6.45, 7) is 7.21. The third-order valence-corrected chi connectivity index (χ3v) is 4.13. The van der Waals surface area contributed by atoms with Crippen LogP contribution in [0.2, 0.25) is 0 Å². The molecule has 2 heterocycles. The van der Waals surface area contributed by atoms with Gasteiger partial charge >= 0.3 is 12.5 Å². The number of ether oxygens (including phenoxy) is 2. The number of anilines is 2. The van der Waals surface area contributed by atoms with Crippen molar-refractivity contribution in [2.75, 3.05) is 16.8 Å². The third kappa shape index (κ3) is 4.84. The largest absolute Gasteiger partial charge is 0.573 e. The van der Waals surface area contributed by atoms with E-state index in [1.54, 1.807) is 20.8 Å². The lowest BCUT2D eigenvalue weighted by Gasteiger charge is -2.32. The first kappa shape index (κ1) is 21.5. The molecule has 0 unspecified atom stereocenters. The number of hydrogen-bond acceptors (Lipinski definition) is 5. The van der Waals surface area contributed by atoms with Crippen molar-refractivity contribution < 1.29 is 32.2 Å². The van der Waals surface area contributed by atoms with Crippen LogP contribution in [0.15, 0.2) is 30.5 Å². The minimum Gasteiger partial charge on any atom is -0.444 e. The summed E-state index contributed by atoms with van der Waals surface area (Å²) in [5.74, 6) is -0.845. The molecule has 2 amide bonds. The number of amides is 2. The first-order valence-corrected chi connectivity index (χ1v) is 9.09. The highest BCUT2D eigenvalue weighted by molar-refractivity contribution is 6.10. The van der Waals surface area contributed by atoms with Gasteiger partial charge in [-0.1, -0.05) is 0 Å². The summed E-state index contributed by atoms with van der Waals surface area (Å²) in [5.41, 5.74) is -0.00367. The summed E-state index contributed by atoms with van der Waals surface area (Å²) < 4.78 is 47.6. The molecule has 0 aliphatic carbocycles. The molecule has 0 bridgehead atoms. The smallest absolute Gasteiger partial charge is 0.444 e. The van der Waals surface area contributed by atoms with Crippen molar-refractivity contribution in [3.8, 4) is 5.75 Å². The van der Waals surface area contributed by atoms with Crippen molar-refractivity contribution in [3.63, 3.8) is 0 Å². The molecule has 1 aliphatic heterocycles. The number of halogens is 3. The fraction of sp³-hybridized carbons (Fsp3) is 0.421. The molecule has 0 fully saturated rings. The number of carbonyl (C=O) groups is 2. The fourth-order valence-corrected chi connectivity index (χ4v) is 3.02. The fourth-order valence-electron chi connectivity index (χ4n) is 3.02. The van der Waals surface area contributed by atoms with Gasteiger partial charge in [0.2, 0.25) is 0 Å². The summed E-state index contributed by atoms with van der Waals surface area (Å²) >= 11 is 0. The minimum atomic E-state index is -4.80. The van der Waals surface area contributed by atoms with Crippen LogP contribution in [0.3, 0.4) is 0 Å². The molecular weight excluding hydrogens is 405 g/mol. The van der Waals surface area contributed by atoms with Gasteiger partial charge in [0.15, 0.2) is 5.69 Å². The first-order valence-electron chi connectivity index (χ1n) is 9.09. The van der Waals surface area contributed by atoms with Gasteiger partial charge in [-0.15, -0.1) is 13.2 Å². The van der Waals surface area contributed by atoms with E-state index >= 15 is 0 Å². The highest BCUT2D eigenvalue weighted by Crippen LogP contribution is 2.32. The van der Waals surface area contributed by atoms with E-state index < -0.39 is 24.0 Å². The van der Waals surface area contributed by atoms with Crippen LogP contribution in [-0.4, -0.2) is 40.3 Å². The molecule has 0 saturated carbocycles. The lowest BCUT2D eigenvalue weighted by Crippen LogP contribution is -2.43. The number of rotatable bonds is 3. The van der Waals surface area contributed by atoms with Crippen LogP contribution in [0.4, 0.5) is 29.3 Å². The number of aromatic nitrogens is 2. The standard InChI is InChI=1S/C19H21F3N4O4/c1-11-10-25(12-5-7-13(8-6-12)29-19(20,21)22)16(27)15-14(9-23-26(11)15)24-17(28)30-18(2,3)4/h5-9,11H,10H2,1-4H3,(H,24,28)/t11-/m0/s1. The van der Waals surface area contributed by atoms with Crippen LogP contribution >= 0.6 is 0 Å². The molecule has 1 aromatic heterocycles. The van der Waals surface area contributed by atoms with E-state index in [1.807, 2.05) is 6.92 Å². The molecule has 0 spiro atoms. The summed E-state index contributed by atoms with van der Waals surface area (Å²) in [6, 6.07) is 4.74. The van der Waals surface area contributed by atoms with Crippen molar-refractivity contribution in [1.82, 2.24) is 9.78 Å². The van der Waals surface area contributed by atoms with Gasteiger partial charge in [0.25, 0.3) is 5.91 Å². The van der Waals surface area contributed by atoms with Crippen LogP contribution in [0.5, 0.6) is 5.75 Å². The minimum absolute atomic E-state index is 0.148. The predicted octanol–water partition coefficient (Wildman–Crippen LogP) is 4.35. The average molecular weight is 426 g/mol. The Bertz CT molecular complexity index is 948. The van der Waals surface area contributed by atoms with Crippen molar-refractivity contribution in [2.45, 2.75) is 45.7 Å².